The Balaban J connectivity index is 2.57. The molecule has 1 heterocycles. The minimum Gasteiger partial charge on any atom is -0.472 e. The first-order valence-corrected chi connectivity index (χ1v) is 6.06. The Labute approximate surface area is 107 Å². The molecule has 5 heteroatoms. The second-order valence-corrected chi connectivity index (χ2v) is 4.68. The van der Waals surface area contributed by atoms with E-state index in [4.69, 9.17) is 4.74 Å². The van der Waals surface area contributed by atoms with Gasteiger partial charge in [0, 0.05) is 18.3 Å². The fourth-order valence-corrected chi connectivity index (χ4v) is 1.54. The maximum atomic E-state index is 12.0. The van der Waals surface area contributed by atoms with E-state index in [1.807, 2.05) is 13.0 Å². The quantitative estimate of drug-likeness (QED) is 0.816. The van der Waals surface area contributed by atoms with Crippen molar-refractivity contribution in [1.82, 2.24) is 10.3 Å². The van der Waals surface area contributed by atoms with Gasteiger partial charge in [-0.3, -0.25) is 0 Å². The Morgan fingerprint density at radius 3 is 2.67 bits per heavy atom. The highest BCUT2D eigenvalue weighted by Crippen LogP contribution is 2.13. The molecule has 102 valence electrons. The predicted octanol–water partition coefficient (Wildman–Crippen LogP) is 2.78. The number of nitrogens with one attached hydrogen (secondary N) is 1. The van der Waals surface area contributed by atoms with Crippen LogP contribution in [0.5, 0.6) is 5.88 Å². The van der Waals surface area contributed by atoms with Crippen LogP contribution in [0.15, 0.2) is 12.1 Å². The van der Waals surface area contributed by atoms with E-state index in [2.05, 4.69) is 24.1 Å². The second kappa shape index (κ2) is 7.26. The van der Waals surface area contributed by atoms with Crippen LogP contribution in [0.1, 0.15) is 25.1 Å². The third-order valence-electron chi connectivity index (χ3n) is 2.23. The van der Waals surface area contributed by atoms with Gasteiger partial charge in [-0.25, -0.2) is 13.8 Å². The van der Waals surface area contributed by atoms with E-state index in [-0.39, 0.29) is 5.88 Å². The van der Waals surface area contributed by atoms with Gasteiger partial charge in [-0.2, -0.15) is 0 Å². The first-order valence-electron chi connectivity index (χ1n) is 6.06. The first kappa shape index (κ1) is 14.8. The molecule has 18 heavy (non-hydrogen) atoms. The number of hydrogen-bond acceptors (Lipinski definition) is 3. The summed E-state index contributed by atoms with van der Waals surface area (Å²) in [7, 11) is 0. The van der Waals surface area contributed by atoms with Gasteiger partial charge in [-0.05, 0) is 31.0 Å². The third-order valence-corrected chi connectivity index (χ3v) is 2.23. The largest absolute Gasteiger partial charge is 0.472 e. The Morgan fingerprint density at radius 1 is 1.33 bits per heavy atom. The van der Waals surface area contributed by atoms with Crippen molar-refractivity contribution in [2.75, 3.05) is 13.2 Å². The summed E-state index contributed by atoms with van der Waals surface area (Å²) in [5, 5.41) is 3.29. The molecule has 0 aliphatic heterocycles. The predicted molar refractivity (Wildman–Crippen MR) is 67.0 cm³/mol. The fourth-order valence-electron chi connectivity index (χ4n) is 1.54. The summed E-state index contributed by atoms with van der Waals surface area (Å²) in [5.74, 6) is 0.833. The molecule has 0 unspecified atom stereocenters. The highest BCUT2D eigenvalue weighted by atomic mass is 19.3. The monoisotopic (exact) mass is 258 g/mol. The molecule has 0 atom stereocenters. The molecular formula is C13H20F2N2O. The Bertz CT molecular complexity index is 370. The third kappa shape index (κ3) is 5.91. The van der Waals surface area contributed by atoms with Crippen LogP contribution in [0.4, 0.5) is 8.78 Å². The SMILES string of the molecule is Cc1cc(CNCC(C)C)cc(OCC(F)F)n1. The molecule has 0 amide bonds. The average molecular weight is 258 g/mol. The van der Waals surface area contributed by atoms with Crippen LogP contribution in [0.3, 0.4) is 0 Å². The van der Waals surface area contributed by atoms with E-state index in [0.717, 1.165) is 17.8 Å². The molecule has 0 fully saturated rings. The van der Waals surface area contributed by atoms with Crippen molar-refractivity contribution in [3.63, 3.8) is 0 Å². The first-order chi connectivity index (χ1) is 8.47. The van der Waals surface area contributed by atoms with Crippen molar-refractivity contribution in [3.8, 4) is 5.88 Å². The Hall–Kier alpha value is -1.23. The van der Waals surface area contributed by atoms with E-state index < -0.39 is 13.0 Å². The van der Waals surface area contributed by atoms with Crippen molar-refractivity contribution < 1.29 is 13.5 Å². The van der Waals surface area contributed by atoms with Gasteiger partial charge in [-0.1, -0.05) is 13.8 Å². The number of halogens is 2. The van der Waals surface area contributed by atoms with Crippen LogP contribution in [-0.2, 0) is 6.54 Å². The normalized spacial score (nSPS) is 11.3. The topological polar surface area (TPSA) is 34.1 Å². The highest BCUT2D eigenvalue weighted by molar-refractivity contribution is 5.24. The van der Waals surface area contributed by atoms with Gasteiger partial charge in [-0.15, -0.1) is 0 Å². The molecule has 0 aromatic carbocycles. The van der Waals surface area contributed by atoms with Crippen molar-refractivity contribution >= 4 is 0 Å². The fraction of sp³-hybridized carbons (Fsp3) is 0.615. The smallest absolute Gasteiger partial charge is 0.272 e. The van der Waals surface area contributed by atoms with Crippen molar-refractivity contribution in [3.05, 3.63) is 23.4 Å². The maximum absolute atomic E-state index is 12.0. The van der Waals surface area contributed by atoms with Gasteiger partial charge in [0.25, 0.3) is 6.43 Å². The van der Waals surface area contributed by atoms with E-state index in [1.165, 1.54) is 0 Å². The van der Waals surface area contributed by atoms with Crippen LogP contribution < -0.4 is 10.1 Å². The molecule has 0 spiro atoms. The molecule has 3 nitrogen and oxygen atoms in total. The van der Waals surface area contributed by atoms with Gasteiger partial charge in [0.2, 0.25) is 5.88 Å². The van der Waals surface area contributed by atoms with Crippen LogP contribution in [0, 0.1) is 12.8 Å². The lowest BCUT2D eigenvalue weighted by Gasteiger charge is -2.10. The molecule has 0 radical (unpaired) electrons. The minimum absolute atomic E-state index is 0.261. The van der Waals surface area contributed by atoms with Crippen molar-refractivity contribution in [1.29, 1.82) is 0 Å². The Morgan fingerprint density at radius 2 is 2.06 bits per heavy atom. The molecule has 0 saturated heterocycles. The summed E-state index contributed by atoms with van der Waals surface area (Å²) in [4.78, 5) is 4.07. The van der Waals surface area contributed by atoms with Gasteiger partial charge in [0.1, 0.15) is 0 Å². The molecule has 0 bridgehead atoms. The zero-order valence-corrected chi connectivity index (χ0v) is 11.0. The van der Waals surface area contributed by atoms with Gasteiger partial charge in [0.05, 0.1) is 0 Å². The number of nitrogens with zero attached hydrogens (tertiary/aromatic N) is 1. The van der Waals surface area contributed by atoms with E-state index in [0.29, 0.717) is 12.5 Å². The number of aromatic nitrogens is 1. The summed E-state index contributed by atoms with van der Waals surface area (Å²) >= 11 is 0. The second-order valence-electron chi connectivity index (χ2n) is 4.68. The van der Waals surface area contributed by atoms with Gasteiger partial charge >= 0.3 is 0 Å². The van der Waals surface area contributed by atoms with Crippen LogP contribution in [0.2, 0.25) is 0 Å². The lowest BCUT2D eigenvalue weighted by molar-refractivity contribution is 0.0794. The number of alkyl halides is 2. The molecule has 1 N–H and O–H groups in total. The van der Waals surface area contributed by atoms with Crippen LogP contribution >= 0.6 is 0 Å². The lowest BCUT2D eigenvalue weighted by atomic mass is 10.2. The maximum Gasteiger partial charge on any atom is 0.272 e. The van der Waals surface area contributed by atoms with E-state index in [1.54, 1.807) is 6.07 Å². The minimum atomic E-state index is -2.48. The number of rotatable bonds is 7. The molecule has 1 aromatic rings. The summed E-state index contributed by atoms with van der Waals surface area (Å²) in [6.45, 7) is 7.06. The summed E-state index contributed by atoms with van der Waals surface area (Å²) in [5.41, 5.74) is 1.76. The summed E-state index contributed by atoms with van der Waals surface area (Å²) in [6.07, 6.45) is -2.48. The van der Waals surface area contributed by atoms with Crippen molar-refractivity contribution in [2.24, 2.45) is 5.92 Å². The van der Waals surface area contributed by atoms with Crippen LogP contribution in [0.25, 0.3) is 0 Å². The standard InChI is InChI=1S/C13H20F2N2O/c1-9(2)6-16-7-11-4-10(3)17-13(5-11)18-8-12(14)15/h4-5,9,12,16H,6-8H2,1-3H3. The molecule has 0 aliphatic rings. The molecule has 1 aromatic heterocycles. The number of hydrogen-bond donors (Lipinski definition) is 1. The van der Waals surface area contributed by atoms with Gasteiger partial charge < -0.3 is 10.1 Å². The zero-order valence-electron chi connectivity index (χ0n) is 11.0. The Kier molecular flexibility index (Phi) is 5.98. The molecule has 0 aliphatic carbocycles. The summed E-state index contributed by atoms with van der Waals surface area (Å²) in [6, 6.07) is 3.62. The molecule has 0 saturated carbocycles. The van der Waals surface area contributed by atoms with Crippen LogP contribution in [-0.4, -0.2) is 24.6 Å². The van der Waals surface area contributed by atoms with E-state index >= 15 is 0 Å². The highest BCUT2D eigenvalue weighted by Gasteiger charge is 2.06. The average Bonchev–Trinajstić information content (AvgIpc) is 2.25. The number of ether oxygens (including phenoxy) is 1. The van der Waals surface area contributed by atoms with E-state index in [9.17, 15) is 8.78 Å². The van der Waals surface area contributed by atoms with Gasteiger partial charge in [0.15, 0.2) is 6.61 Å². The number of pyridine rings is 1. The molecule has 1 rings (SSSR count). The lowest BCUT2D eigenvalue weighted by Crippen LogP contribution is -2.19. The van der Waals surface area contributed by atoms with Crippen molar-refractivity contribution in [2.45, 2.75) is 33.7 Å². The molecular weight excluding hydrogens is 238 g/mol. The zero-order chi connectivity index (χ0) is 13.5. The summed E-state index contributed by atoms with van der Waals surface area (Å²) < 4.78 is 29.0. The number of aryl methyl sites for hydroxylation is 1.